The molecule has 0 fully saturated rings. The molecule has 2 rings (SSSR count). The molecular formula is C16H13NO4. The first kappa shape index (κ1) is 14.4. The number of hydrogen-bond donors (Lipinski definition) is 0. The van der Waals surface area contributed by atoms with Crippen LogP contribution >= 0.6 is 0 Å². The van der Waals surface area contributed by atoms with Crippen LogP contribution in [0.15, 0.2) is 42.5 Å². The summed E-state index contributed by atoms with van der Waals surface area (Å²) >= 11 is 0. The lowest BCUT2D eigenvalue weighted by Crippen LogP contribution is -2.10. The van der Waals surface area contributed by atoms with Gasteiger partial charge in [0, 0.05) is 0 Å². The molecule has 0 saturated carbocycles. The van der Waals surface area contributed by atoms with Crippen molar-refractivity contribution in [3.8, 4) is 23.3 Å². The molecule has 0 atom stereocenters. The average Bonchev–Trinajstić information content (AvgIpc) is 2.54. The van der Waals surface area contributed by atoms with E-state index in [2.05, 4.69) is 0 Å². The molecule has 0 aliphatic rings. The zero-order valence-electron chi connectivity index (χ0n) is 11.6. The maximum Gasteiger partial charge on any atom is 0.343 e. The molecule has 0 saturated heterocycles. The van der Waals surface area contributed by atoms with Gasteiger partial charge < -0.3 is 14.2 Å². The highest BCUT2D eigenvalue weighted by molar-refractivity contribution is 5.92. The van der Waals surface area contributed by atoms with E-state index in [4.69, 9.17) is 19.5 Å². The molecule has 21 heavy (non-hydrogen) atoms. The molecule has 0 aliphatic heterocycles. The second-order valence-corrected chi connectivity index (χ2v) is 4.07. The summed E-state index contributed by atoms with van der Waals surface area (Å²) in [6, 6.07) is 13.3. The lowest BCUT2D eigenvalue weighted by molar-refractivity contribution is 0.0724. The first-order valence-corrected chi connectivity index (χ1v) is 6.13. The van der Waals surface area contributed by atoms with E-state index in [1.807, 2.05) is 6.07 Å². The summed E-state index contributed by atoms with van der Waals surface area (Å²) in [5.74, 6) is 0.392. The summed E-state index contributed by atoms with van der Waals surface area (Å²) in [4.78, 5) is 12.2. The Balaban J connectivity index is 2.33. The van der Waals surface area contributed by atoms with E-state index >= 15 is 0 Å². The van der Waals surface area contributed by atoms with Gasteiger partial charge in [0.15, 0.2) is 11.5 Å². The van der Waals surface area contributed by atoms with Crippen molar-refractivity contribution < 1.29 is 19.0 Å². The van der Waals surface area contributed by atoms with E-state index < -0.39 is 5.97 Å². The second kappa shape index (κ2) is 6.44. The molecular weight excluding hydrogens is 270 g/mol. The fourth-order valence-electron chi connectivity index (χ4n) is 1.79. The number of para-hydroxylation sites is 1. The Morgan fingerprint density at radius 1 is 1.05 bits per heavy atom. The fraction of sp³-hybridized carbons (Fsp3) is 0.125. The van der Waals surface area contributed by atoms with Gasteiger partial charge in [-0.15, -0.1) is 0 Å². The number of nitrogens with zero attached hydrogens (tertiary/aromatic N) is 1. The number of esters is 1. The van der Waals surface area contributed by atoms with Crippen molar-refractivity contribution in [3.63, 3.8) is 0 Å². The normalized spacial score (nSPS) is 9.57. The van der Waals surface area contributed by atoms with Crippen LogP contribution in [0.3, 0.4) is 0 Å². The summed E-state index contributed by atoms with van der Waals surface area (Å²) in [6.45, 7) is 0. The minimum atomic E-state index is -0.588. The molecule has 5 nitrogen and oxygen atoms in total. The van der Waals surface area contributed by atoms with E-state index in [0.29, 0.717) is 17.1 Å². The highest BCUT2D eigenvalue weighted by Crippen LogP contribution is 2.37. The van der Waals surface area contributed by atoms with Gasteiger partial charge in [-0.3, -0.25) is 0 Å². The molecule has 0 unspecified atom stereocenters. The van der Waals surface area contributed by atoms with Crippen LogP contribution in [0.25, 0.3) is 0 Å². The van der Waals surface area contributed by atoms with Crippen molar-refractivity contribution in [3.05, 3.63) is 53.6 Å². The molecule has 0 aliphatic carbocycles. The van der Waals surface area contributed by atoms with Crippen LogP contribution in [0.4, 0.5) is 0 Å². The standard InChI is InChI=1S/C16H13NO4/c1-19-13-7-4-8-14(20-2)15(13)21-16(18)12-6-3-5-11(9-12)10-17/h3-9H,1-2H3. The Labute approximate surface area is 122 Å². The number of carbonyl (C=O) groups is 1. The van der Waals surface area contributed by atoms with Gasteiger partial charge in [-0.05, 0) is 30.3 Å². The van der Waals surface area contributed by atoms with Gasteiger partial charge >= 0.3 is 5.97 Å². The average molecular weight is 283 g/mol. The molecule has 0 N–H and O–H groups in total. The van der Waals surface area contributed by atoms with Crippen LogP contribution in [-0.4, -0.2) is 20.2 Å². The summed E-state index contributed by atoms with van der Waals surface area (Å²) in [7, 11) is 2.95. The summed E-state index contributed by atoms with van der Waals surface area (Å²) in [5.41, 5.74) is 0.665. The number of ether oxygens (including phenoxy) is 3. The van der Waals surface area contributed by atoms with Gasteiger partial charge in [-0.1, -0.05) is 12.1 Å². The van der Waals surface area contributed by atoms with Crippen molar-refractivity contribution in [1.29, 1.82) is 5.26 Å². The van der Waals surface area contributed by atoms with Gasteiger partial charge in [0.1, 0.15) is 0 Å². The van der Waals surface area contributed by atoms with Crippen LogP contribution in [-0.2, 0) is 0 Å². The lowest BCUT2D eigenvalue weighted by Gasteiger charge is -2.12. The predicted octanol–water partition coefficient (Wildman–Crippen LogP) is 2.79. The zero-order chi connectivity index (χ0) is 15.2. The fourth-order valence-corrected chi connectivity index (χ4v) is 1.79. The van der Waals surface area contributed by atoms with Crippen LogP contribution in [0.1, 0.15) is 15.9 Å². The molecule has 0 aromatic heterocycles. The minimum Gasteiger partial charge on any atom is -0.493 e. The second-order valence-electron chi connectivity index (χ2n) is 4.07. The third-order valence-electron chi connectivity index (χ3n) is 2.80. The van der Waals surface area contributed by atoms with E-state index in [-0.39, 0.29) is 11.3 Å². The Bertz CT molecular complexity index is 681. The highest BCUT2D eigenvalue weighted by atomic mass is 16.6. The number of rotatable bonds is 4. The summed E-state index contributed by atoms with van der Waals surface area (Å²) in [6.07, 6.45) is 0. The van der Waals surface area contributed by atoms with Gasteiger partial charge in [-0.2, -0.15) is 5.26 Å². The topological polar surface area (TPSA) is 68.6 Å². The smallest absolute Gasteiger partial charge is 0.343 e. The Morgan fingerprint density at radius 3 is 2.24 bits per heavy atom. The molecule has 106 valence electrons. The molecule has 0 spiro atoms. The Hall–Kier alpha value is -3.00. The summed E-state index contributed by atoms with van der Waals surface area (Å²) in [5, 5.41) is 8.86. The highest BCUT2D eigenvalue weighted by Gasteiger charge is 2.17. The van der Waals surface area contributed by atoms with Crippen LogP contribution < -0.4 is 14.2 Å². The quantitative estimate of drug-likeness (QED) is 0.637. The third kappa shape index (κ3) is 3.12. The van der Waals surface area contributed by atoms with Crippen molar-refractivity contribution >= 4 is 5.97 Å². The Kier molecular flexibility index (Phi) is 4.42. The number of carbonyl (C=O) groups excluding carboxylic acids is 1. The van der Waals surface area contributed by atoms with Gasteiger partial charge in [0.2, 0.25) is 5.75 Å². The largest absolute Gasteiger partial charge is 0.493 e. The van der Waals surface area contributed by atoms with E-state index in [9.17, 15) is 4.79 Å². The maximum absolute atomic E-state index is 12.2. The molecule has 5 heteroatoms. The summed E-state index contributed by atoms with van der Waals surface area (Å²) < 4.78 is 15.7. The molecule has 0 amide bonds. The van der Waals surface area contributed by atoms with Crippen LogP contribution in [0.5, 0.6) is 17.2 Å². The minimum absolute atomic E-state index is 0.204. The molecule has 2 aromatic rings. The number of methoxy groups -OCH3 is 2. The van der Waals surface area contributed by atoms with Crippen molar-refractivity contribution in [1.82, 2.24) is 0 Å². The number of nitriles is 1. The Morgan fingerprint density at radius 2 is 1.67 bits per heavy atom. The monoisotopic (exact) mass is 283 g/mol. The third-order valence-corrected chi connectivity index (χ3v) is 2.80. The predicted molar refractivity (Wildman–Crippen MR) is 75.7 cm³/mol. The number of benzene rings is 2. The van der Waals surface area contributed by atoms with Crippen LogP contribution in [0.2, 0.25) is 0 Å². The number of hydrogen-bond acceptors (Lipinski definition) is 5. The SMILES string of the molecule is COc1cccc(OC)c1OC(=O)c1cccc(C#N)c1. The van der Waals surface area contributed by atoms with Gasteiger partial charge in [0.25, 0.3) is 0 Å². The first-order valence-electron chi connectivity index (χ1n) is 6.13. The van der Waals surface area contributed by atoms with E-state index in [1.165, 1.54) is 20.3 Å². The molecule has 2 aromatic carbocycles. The van der Waals surface area contributed by atoms with Crippen molar-refractivity contribution in [2.24, 2.45) is 0 Å². The zero-order valence-corrected chi connectivity index (χ0v) is 11.6. The first-order chi connectivity index (χ1) is 10.2. The maximum atomic E-state index is 12.2. The van der Waals surface area contributed by atoms with Crippen LogP contribution in [0, 0.1) is 11.3 Å². The van der Waals surface area contributed by atoms with E-state index in [0.717, 1.165) is 0 Å². The molecule has 0 bridgehead atoms. The molecule has 0 radical (unpaired) electrons. The molecule has 0 heterocycles. The van der Waals surface area contributed by atoms with Crippen molar-refractivity contribution in [2.75, 3.05) is 14.2 Å². The van der Waals surface area contributed by atoms with Gasteiger partial charge in [-0.25, -0.2) is 4.79 Å². The van der Waals surface area contributed by atoms with E-state index in [1.54, 1.807) is 36.4 Å². The van der Waals surface area contributed by atoms with Gasteiger partial charge in [0.05, 0.1) is 31.4 Å². The lowest BCUT2D eigenvalue weighted by atomic mass is 10.1. The van der Waals surface area contributed by atoms with Crippen molar-refractivity contribution in [2.45, 2.75) is 0 Å².